The highest BCUT2D eigenvalue weighted by Crippen LogP contribution is 2.29. The molecule has 1 saturated heterocycles. The van der Waals surface area contributed by atoms with Crippen LogP contribution < -0.4 is 5.73 Å². The number of halogens is 1. The second-order valence-electron chi connectivity index (χ2n) is 4.48. The third-order valence-corrected chi connectivity index (χ3v) is 5.85. The Morgan fingerprint density at radius 2 is 2.20 bits per heavy atom. The SMILES string of the molecule is COC(=O)C1CCCN1S(=O)(=O)c1ccc(N)c(Br)c1. The number of hydrogen-bond acceptors (Lipinski definition) is 5. The summed E-state index contributed by atoms with van der Waals surface area (Å²) in [4.78, 5) is 11.8. The number of sulfonamides is 1. The Morgan fingerprint density at radius 3 is 2.80 bits per heavy atom. The van der Waals surface area contributed by atoms with Gasteiger partial charge in [-0.1, -0.05) is 0 Å². The molecule has 0 bridgehead atoms. The molecule has 20 heavy (non-hydrogen) atoms. The number of anilines is 1. The lowest BCUT2D eigenvalue weighted by Gasteiger charge is -2.22. The maximum absolute atomic E-state index is 12.6. The molecule has 0 saturated carbocycles. The standard InChI is InChI=1S/C12H15BrN2O4S/c1-19-12(16)11-3-2-6-15(11)20(17,18)8-4-5-10(14)9(13)7-8/h4-5,7,11H,2-3,6,14H2,1H3. The summed E-state index contributed by atoms with van der Waals surface area (Å²) < 4.78 is 31.5. The van der Waals surface area contributed by atoms with Gasteiger partial charge in [-0.15, -0.1) is 0 Å². The van der Waals surface area contributed by atoms with Crippen molar-refractivity contribution in [2.45, 2.75) is 23.8 Å². The molecule has 1 aliphatic heterocycles. The maximum atomic E-state index is 12.6. The Labute approximate surface area is 126 Å². The van der Waals surface area contributed by atoms with Gasteiger partial charge in [-0.3, -0.25) is 4.79 Å². The molecule has 1 unspecified atom stereocenters. The minimum atomic E-state index is -3.74. The van der Waals surface area contributed by atoms with Crippen molar-refractivity contribution in [2.75, 3.05) is 19.4 Å². The van der Waals surface area contributed by atoms with E-state index in [9.17, 15) is 13.2 Å². The summed E-state index contributed by atoms with van der Waals surface area (Å²) in [5.74, 6) is -0.527. The number of hydrogen-bond donors (Lipinski definition) is 1. The molecule has 1 aromatic carbocycles. The minimum absolute atomic E-state index is 0.106. The van der Waals surface area contributed by atoms with Gasteiger partial charge in [0.15, 0.2) is 0 Å². The summed E-state index contributed by atoms with van der Waals surface area (Å²) in [6, 6.07) is 3.64. The van der Waals surface area contributed by atoms with Crippen molar-refractivity contribution in [1.29, 1.82) is 0 Å². The van der Waals surface area contributed by atoms with Gasteiger partial charge in [0.05, 0.1) is 12.0 Å². The van der Waals surface area contributed by atoms with Crippen molar-refractivity contribution >= 4 is 37.6 Å². The largest absolute Gasteiger partial charge is 0.468 e. The molecule has 0 amide bonds. The first-order chi connectivity index (χ1) is 9.37. The summed E-state index contributed by atoms with van der Waals surface area (Å²) in [6.45, 7) is 0.310. The lowest BCUT2D eigenvalue weighted by atomic mass is 10.2. The molecule has 2 rings (SSSR count). The molecular weight excluding hydrogens is 348 g/mol. The van der Waals surface area contributed by atoms with Crippen molar-refractivity contribution in [3.05, 3.63) is 22.7 Å². The van der Waals surface area contributed by atoms with Gasteiger partial charge in [-0.25, -0.2) is 8.42 Å². The molecule has 0 aliphatic carbocycles. The highest BCUT2D eigenvalue weighted by molar-refractivity contribution is 9.10. The van der Waals surface area contributed by atoms with Gasteiger partial charge >= 0.3 is 5.97 Å². The van der Waals surface area contributed by atoms with E-state index in [4.69, 9.17) is 5.73 Å². The molecule has 1 aliphatic rings. The average Bonchev–Trinajstić information content (AvgIpc) is 2.90. The van der Waals surface area contributed by atoms with Gasteiger partial charge in [0, 0.05) is 16.7 Å². The Morgan fingerprint density at radius 1 is 1.50 bits per heavy atom. The summed E-state index contributed by atoms with van der Waals surface area (Å²) in [5, 5.41) is 0. The fourth-order valence-corrected chi connectivity index (χ4v) is 4.41. The second kappa shape index (κ2) is 5.71. The number of nitrogens with zero attached hydrogens (tertiary/aromatic N) is 1. The number of methoxy groups -OCH3 is 1. The molecule has 0 spiro atoms. The number of carbonyl (C=O) groups is 1. The highest BCUT2D eigenvalue weighted by Gasteiger charge is 2.40. The van der Waals surface area contributed by atoms with Crippen molar-refractivity contribution < 1.29 is 17.9 Å². The number of esters is 1. The minimum Gasteiger partial charge on any atom is -0.468 e. The summed E-state index contributed by atoms with van der Waals surface area (Å²) in [7, 11) is -2.48. The zero-order chi connectivity index (χ0) is 14.9. The highest BCUT2D eigenvalue weighted by atomic mass is 79.9. The normalized spacial score (nSPS) is 20.0. The number of nitrogens with two attached hydrogens (primary N) is 1. The average molecular weight is 363 g/mol. The summed E-state index contributed by atoms with van der Waals surface area (Å²) >= 11 is 3.21. The molecule has 2 N–H and O–H groups in total. The van der Waals surface area contributed by atoms with Crippen molar-refractivity contribution in [3.8, 4) is 0 Å². The van der Waals surface area contributed by atoms with E-state index in [1.54, 1.807) is 0 Å². The zero-order valence-corrected chi connectivity index (χ0v) is 13.3. The number of benzene rings is 1. The smallest absolute Gasteiger partial charge is 0.324 e. The molecular formula is C12H15BrN2O4S. The van der Waals surface area contributed by atoms with Gasteiger partial charge in [0.1, 0.15) is 6.04 Å². The Hall–Kier alpha value is -1.12. The van der Waals surface area contributed by atoms with Gasteiger partial charge in [-0.2, -0.15) is 4.31 Å². The van der Waals surface area contributed by atoms with E-state index in [0.717, 1.165) is 0 Å². The van der Waals surface area contributed by atoms with Crippen LogP contribution in [-0.2, 0) is 19.6 Å². The van der Waals surface area contributed by atoms with Crippen molar-refractivity contribution in [1.82, 2.24) is 4.31 Å². The van der Waals surface area contributed by atoms with E-state index in [1.807, 2.05) is 0 Å². The Bertz CT molecular complexity index is 632. The van der Waals surface area contributed by atoms with Crippen LogP contribution in [0.15, 0.2) is 27.6 Å². The van der Waals surface area contributed by atoms with Gasteiger partial charge < -0.3 is 10.5 Å². The van der Waals surface area contributed by atoms with Crippen molar-refractivity contribution in [2.24, 2.45) is 0 Å². The predicted molar refractivity (Wildman–Crippen MR) is 77.5 cm³/mol. The second-order valence-corrected chi connectivity index (χ2v) is 7.23. The van der Waals surface area contributed by atoms with Gasteiger partial charge in [-0.05, 0) is 47.0 Å². The number of carbonyl (C=O) groups excluding carboxylic acids is 1. The quantitative estimate of drug-likeness (QED) is 0.647. The number of nitrogen functional groups attached to an aromatic ring is 1. The van der Waals surface area contributed by atoms with Crippen LogP contribution in [0, 0.1) is 0 Å². The number of rotatable bonds is 3. The van der Waals surface area contributed by atoms with Crippen LogP contribution in [0.3, 0.4) is 0 Å². The Balaban J connectivity index is 2.38. The lowest BCUT2D eigenvalue weighted by Crippen LogP contribution is -2.41. The first-order valence-corrected chi connectivity index (χ1v) is 8.26. The maximum Gasteiger partial charge on any atom is 0.324 e. The Kier molecular flexibility index (Phi) is 4.36. The molecule has 1 fully saturated rings. The van der Waals surface area contributed by atoms with Crippen LogP contribution in [0.1, 0.15) is 12.8 Å². The van der Waals surface area contributed by atoms with Gasteiger partial charge in [0.2, 0.25) is 10.0 Å². The molecule has 1 aromatic rings. The molecule has 110 valence electrons. The molecule has 0 aromatic heterocycles. The van der Waals surface area contributed by atoms with E-state index >= 15 is 0 Å². The topological polar surface area (TPSA) is 89.7 Å². The van der Waals surface area contributed by atoms with Crippen LogP contribution >= 0.6 is 15.9 Å². The van der Waals surface area contributed by atoms with E-state index in [-0.39, 0.29) is 4.90 Å². The first kappa shape index (κ1) is 15.3. The molecule has 1 heterocycles. The molecule has 6 nitrogen and oxygen atoms in total. The first-order valence-electron chi connectivity index (χ1n) is 6.02. The van der Waals surface area contributed by atoms with E-state index in [2.05, 4.69) is 20.7 Å². The van der Waals surface area contributed by atoms with E-state index < -0.39 is 22.0 Å². The zero-order valence-electron chi connectivity index (χ0n) is 10.9. The fraction of sp³-hybridized carbons (Fsp3) is 0.417. The van der Waals surface area contributed by atoms with Crippen LogP contribution in [0.4, 0.5) is 5.69 Å². The van der Waals surface area contributed by atoms with Crippen LogP contribution in [0.5, 0.6) is 0 Å². The molecule has 8 heteroatoms. The van der Waals surface area contributed by atoms with E-state index in [1.165, 1.54) is 29.6 Å². The third-order valence-electron chi connectivity index (χ3n) is 3.26. The third kappa shape index (κ3) is 2.68. The lowest BCUT2D eigenvalue weighted by molar-refractivity contribution is -0.144. The monoisotopic (exact) mass is 362 g/mol. The van der Waals surface area contributed by atoms with Crippen LogP contribution in [-0.4, -0.2) is 38.4 Å². The molecule has 1 atom stereocenters. The number of ether oxygens (including phenoxy) is 1. The predicted octanol–water partition coefficient (Wildman–Crippen LogP) is 1.36. The van der Waals surface area contributed by atoms with Crippen LogP contribution in [0.25, 0.3) is 0 Å². The van der Waals surface area contributed by atoms with Gasteiger partial charge in [0.25, 0.3) is 0 Å². The van der Waals surface area contributed by atoms with E-state index in [0.29, 0.717) is 29.5 Å². The van der Waals surface area contributed by atoms with Crippen molar-refractivity contribution in [3.63, 3.8) is 0 Å². The fourth-order valence-electron chi connectivity index (χ4n) is 2.20. The summed E-state index contributed by atoms with van der Waals surface area (Å²) in [6.07, 6.45) is 1.11. The molecule has 0 radical (unpaired) electrons. The van der Waals surface area contributed by atoms with Crippen LogP contribution in [0.2, 0.25) is 0 Å². The summed E-state index contributed by atoms with van der Waals surface area (Å²) in [5.41, 5.74) is 6.11.